The van der Waals surface area contributed by atoms with E-state index < -0.39 is 25.3 Å². The summed E-state index contributed by atoms with van der Waals surface area (Å²) in [6.45, 7) is 21.9. The van der Waals surface area contributed by atoms with Crippen LogP contribution in [-0.2, 0) is 21.8 Å². The fourth-order valence-corrected chi connectivity index (χ4v) is 12.8. The second-order valence-electron chi connectivity index (χ2n) is 11.6. The van der Waals surface area contributed by atoms with Gasteiger partial charge in [-0.05, 0) is 50.4 Å². The fourth-order valence-electron chi connectivity index (χ4n) is 5.56. The molecule has 0 radical (unpaired) electrons. The summed E-state index contributed by atoms with van der Waals surface area (Å²) in [6, 6.07) is 1.36. The van der Waals surface area contributed by atoms with Crippen molar-refractivity contribution in [3.05, 3.63) is 23.9 Å². The molecule has 6 atom stereocenters. The number of hydrogen-bond acceptors (Lipinski definition) is 2. The summed E-state index contributed by atoms with van der Waals surface area (Å²) in [5, 5.41) is 3.18. The summed E-state index contributed by atoms with van der Waals surface area (Å²) >= 11 is 1.53. The number of hydrogen-bond donors (Lipinski definition) is 0. The third kappa shape index (κ3) is 11.1. The van der Waals surface area contributed by atoms with Gasteiger partial charge in [0.25, 0.3) is 0 Å². The van der Waals surface area contributed by atoms with Crippen molar-refractivity contribution < 1.29 is 21.8 Å². The van der Waals surface area contributed by atoms with Gasteiger partial charge in [-0.2, -0.15) is 0 Å². The molecule has 0 spiro atoms. The van der Waals surface area contributed by atoms with E-state index in [4.69, 9.17) is 28.3 Å². The molecule has 0 amide bonds. The summed E-state index contributed by atoms with van der Waals surface area (Å²) in [4.78, 5) is 5.61. The Hall–Kier alpha value is 1.52. The molecule has 0 aromatic carbocycles. The van der Waals surface area contributed by atoms with Gasteiger partial charge < -0.3 is 17.1 Å². The average Bonchev–Trinajstić information content (AvgIpc) is 3.15. The molecule has 2 nitrogen and oxygen atoms in total. The number of thioether (sulfide) groups is 1. The van der Waals surface area contributed by atoms with Crippen LogP contribution in [0.4, 0.5) is 0 Å². The van der Waals surface area contributed by atoms with Gasteiger partial charge in [0.05, 0.1) is 5.60 Å². The normalized spacial score (nSPS) is 28.9. The summed E-state index contributed by atoms with van der Waals surface area (Å²) in [5.41, 5.74) is 0.885. The fraction of sp³-hybridized carbons (Fsp3) is 0.880. The van der Waals surface area contributed by atoms with Crippen LogP contribution in [0.1, 0.15) is 81.1 Å². The summed E-state index contributed by atoms with van der Waals surface area (Å²) in [5.74, 6) is 2.37. The number of halogens is 2. The van der Waals surface area contributed by atoms with Crippen molar-refractivity contribution >= 4 is 38.6 Å². The predicted octanol–water partition coefficient (Wildman–Crippen LogP) is 9.84. The molecule has 1 fully saturated rings. The van der Waals surface area contributed by atoms with Crippen molar-refractivity contribution in [2.24, 2.45) is 17.8 Å². The van der Waals surface area contributed by atoms with Gasteiger partial charge in [-0.1, -0.05) is 86.3 Å². The molecular formula is C25H49Cl2NOSSiTi-2. The summed E-state index contributed by atoms with van der Waals surface area (Å²) < 4.78 is 5.88. The van der Waals surface area contributed by atoms with E-state index in [2.05, 4.69) is 85.2 Å². The minimum atomic E-state index is -1.71. The van der Waals surface area contributed by atoms with Crippen LogP contribution < -0.4 is 0 Å². The van der Waals surface area contributed by atoms with Crippen molar-refractivity contribution in [2.75, 3.05) is 6.61 Å². The standard InChI is InChI=1S/C24H46NOSSi.CH3.2ClH.Ti/c1-18-19(2)22(20-14-16-27-21(18)20)28(9,25-23(3,4)5)17-13-11-10-12-15-26-24(6,7)8;;;;/h14,16,18-22H,10-13,15,17H2,1-9H3;1H3;2*1H;/q2*-1;;;+2/p-2. The molecule has 190 valence electrons. The van der Waals surface area contributed by atoms with Crippen LogP contribution in [0, 0.1) is 25.2 Å². The monoisotopic (exact) mass is 557 g/mol. The van der Waals surface area contributed by atoms with Gasteiger partial charge in [0.2, 0.25) is 0 Å². The van der Waals surface area contributed by atoms with Crippen LogP contribution in [0.15, 0.2) is 11.5 Å². The van der Waals surface area contributed by atoms with E-state index in [-0.39, 0.29) is 18.6 Å². The molecule has 0 saturated heterocycles. The van der Waals surface area contributed by atoms with Crippen molar-refractivity contribution in [1.29, 1.82) is 0 Å². The van der Waals surface area contributed by atoms with Crippen molar-refractivity contribution in [3.63, 3.8) is 0 Å². The molecule has 1 aliphatic heterocycles. The SMILES string of the molecule is CC1C(C)C([Si](C)(CCCCCCOC(C)(C)C)[N-]C(C)(C)C)C2C=CSC12.[CH3-].[Cl][Ti][Cl]. The first kappa shape index (κ1) is 33.5. The van der Waals surface area contributed by atoms with Crippen molar-refractivity contribution in [2.45, 2.75) is 116 Å². The van der Waals surface area contributed by atoms with E-state index >= 15 is 0 Å². The molecule has 2 aliphatic rings. The molecular weight excluding hydrogens is 509 g/mol. The quantitative estimate of drug-likeness (QED) is 0.160. The van der Waals surface area contributed by atoms with Crippen LogP contribution in [0.5, 0.6) is 0 Å². The molecule has 1 saturated carbocycles. The van der Waals surface area contributed by atoms with E-state index in [9.17, 15) is 0 Å². The third-order valence-electron chi connectivity index (χ3n) is 6.67. The van der Waals surface area contributed by atoms with Crippen LogP contribution in [0.25, 0.3) is 4.98 Å². The first-order valence-electron chi connectivity index (χ1n) is 11.9. The van der Waals surface area contributed by atoms with Gasteiger partial charge in [-0.25, -0.2) is 0 Å². The first-order chi connectivity index (χ1) is 14.3. The molecule has 2 rings (SSSR count). The third-order valence-corrected chi connectivity index (χ3v) is 12.9. The van der Waals surface area contributed by atoms with Crippen LogP contribution in [0.3, 0.4) is 0 Å². The Bertz CT molecular complexity index is 555. The van der Waals surface area contributed by atoms with Gasteiger partial charge in [0.1, 0.15) is 0 Å². The number of ether oxygens (including phenoxy) is 1. The molecule has 6 unspecified atom stereocenters. The Morgan fingerprint density at radius 1 is 1.00 bits per heavy atom. The van der Waals surface area contributed by atoms with Gasteiger partial charge >= 0.3 is 35.6 Å². The second-order valence-corrected chi connectivity index (χ2v) is 19.4. The molecule has 0 N–H and O–H groups in total. The predicted molar refractivity (Wildman–Crippen MR) is 148 cm³/mol. The number of allylic oxidation sites excluding steroid dienone is 1. The molecule has 0 bridgehead atoms. The molecule has 7 heteroatoms. The Kier molecular flexibility index (Phi) is 15.6. The summed E-state index contributed by atoms with van der Waals surface area (Å²) in [6.07, 6.45) is 7.67. The maximum atomic E-state index is 5.88. The topological polar surface area (TPSA) is 23.3 Å². The van der Waals surface area contributed by atoms with Crippen LogP contribution in [0.2, 0.25) is 18.1 Å². The van der Waals surface area contributed by atoms with E-state index in [1.54, 1.807) is 0 Å². The van der Waals surface area contributed by atoms with E-state index in [1.165, 1.54) is 31.7 Å². The number of fused-ring (bicyclic) bond motifs is 1. The number of nitrogens with zero attached hydrogens (tertiary/aromatic N) is 1. The maximum absolute atomic E-state index is 5.88. The molecule has 0 aromatic heterocycles. The second kappa shape index (κ2) is 14.9. The van der Waals surface area contributed by atoms with E-state index in [1.807, 2.05) is 0 Å². The Balaban J connectivity index is 0.00000227. The number of unbranched alkanes of at least 4 members (excludes halogenated alkanes) is 3. The van der Waals surface area contributed by atoms with Gasteiger partial charge in [0, 0.05) is 11.9 Å². The summed E-state index contributed by atoms with van der Waals surface area (Å²) in [7, 11) is 8.07. The average molecular weight is 559 g/mol. The van der Waals surface area contributed by atoms with Gasteiger partial charge in [-0.15, -0.1) is 17.3 Å². The minimum absolute atomic E-state index is 0. The zero-order chi connectivity index (χ0) is 23.9. The van der Waals surface area contributed by atoms with E-state index in [0.717, 1.165) is 35.2 Å². The molecule has 0 aromatic rings. The number of rotatable bonds is 9. The van der Waals surface area contributed by atoms with Gasteiger partial charge in [0.15, 0.2) is 0 Å². The van der Waals surface area contributed by atoms with E-state index in [0.29, 0.717) is 0 Å². The molecule has 32 heavy (non-hydrogen) atoms. The van der Waals surface area contributed by atoms with Crippen LogP contribution >= 0.6 is 30.4 Å². The Morgan fingerprint density at radius 3 is 2.09 bits per heavy atom. The molecule has 1 heterocycles. The zero-order valence-corrected chi connectivity index (χ0v) is 27.2. The molecule has 1 aliphatic carbocycles. The zero-order valence-electron chi connectivity index (χ0n) is 22.3. The Labute approximate surface area is 222 Å². The van der Waals surface area contributed by atoms with Gasteiger partial charge in [-0.3, -0.25) is 0 Å². The van der Waals surface area contributed by atoms with Crippen molar-refractivity contribution in [3.8, 4) is 0 Å². The Morgan fingerprint density at radius 2 is 1.56 bits per heavy atom. The first-order valence-corrected chi connectivity index (χ1v) is 19.9. The van der Waals surface area contributed by atoms with Crippen molar-refractivity contribution in [1.82, 2.24) is 0 Å². The van der Waals surface area contributed by atoms with Crippen LogP contribution in [-0.4, -0.2) is 31.2 Å².